The standard InChI is InChI=1S/C23H29NO5/c1-26-21-11-7-17(14-22(21)27-2)8-12-23(25)24-15-18-5-9-19(10-6-18)29-16-20-4-3-13-28-20/h5-7,9-11,14,20H,3-4,8,12-13,15-16H2,1-2H3,(H,24,25). The summed E-state index contributed by atoms with van der Waals surface area (Å²) in [6.07, 6.45) is 3.44. The number of benzene rings is 2. The molecule has 1 saturated heterocycles. The largest absolute Gasteiger partial charge is 0.493 e. The van der Waals surface area contributed by atoms with E-state index in [1.165, 1.54) is 0 Å². The molecular weight excluding hydrogens is 370 g/mol. The van der Waals surface area contributed by atoms with E-state index in [1.807, 2.05) is 42.5 Å². The second-order valence-corrected chi connectivity index (χ2v) is 7.06. The summed E-state index contributed by atoms with van der Waals surface area (Å²) in [7, 11) is 3.21. The smallest absolute Gasteiger partial charge is 0.220 e. The second kappa shape index (κ2) is 10.7. The van der Waals surface area contributed by atoms with Crippen molar-refractivity contribution < 1.29 is 23.7 Å². The van der Waals surface area contributed by atoms with Gasteiger partial charge in [-0.25, -0.2) is 0 Å². The first-order valence-corrected chi connectivity index (χ1v) is 9.99. The summed E-state index contributed by atoms with van der Waals surface area (Å²) in [4.78, 5) is 12.2. The molecule has 1 unspecified atom stereocenters. The van der Waals surface area contributed by atoms with Gasteiger partial charge >= 0.3 is 0 Å². The van der Waals surface area contributed by atoms with Crippen LogP contribution in [-0.4, -0.2) is 39.4 Å². The molecule has 1 fully saturated rings. The Morgan fingerprint density at radius 1 is 1.07 bits per heavy atom. The van der Waals surface area contributed by atoms with Gasteiger partial charge in [0, 0.05) is 19.6 Å². The van der Waals surface area contributed by atoms with E-state index >= 15 is 0 Å². The van der Waals surface area contributed by atoms with Crippen molar-refractivity contribution in [1.82, 2.24) is 5.32 Å². The molecule has 1 aliphatic rings. The van der Waals surface area contributed by atoms with Gasteiger partial charge in [-0.05, 0) is 54.7 Å². The van der Waals surface area contributed by atoms with Gasteiger partial charge in [0.15, 0.2) is 11.5 Å². The lowest BCUT2D eigenvalue weighted by molar-refractivity contribution is -0.121. The topological polar surface area (TPSA) is 66.0 Å². The van der Waals surface area contributed by atoms with Crippen LogP contribution in [0.5, 0.6) is 17.2 Å². The third-order valence-corrected chi connectivity index (χ3v) is 4.96. The SMILES string of the molecule is COc1ccc(CCC(=O)NCc2ccc(OCC3CCCO3)cc2)cc1OC. The molecule has 2 aromatic rings. The van der Waals surface area contributed by atoms with Crippen molar-refractivity contribution in [3.63, 3.8) is 0 Å². The molecule has 156 valence electrons. The van der Waals surface area contributed by atoms with Gasteiger partial charge < -0.3 is 24.3 Å². The van der Waals surface area contributed by atoms with Gasteiger partial charge in [0.05, 0.1) is 20.3 Å². The molecule has 0 aliphatic carbocycles. The van der Waals surface area contributed by atoms with Crippen LogP contribution < -0.4 is 19.5 Å². The van der Waals surface area contributed by atoms with E-state index in [9.17, 15) is 4.79 Å². The monoisotopic (exact) mass is 399 g/mol. The van der Waals surface area contributed by atoms with E-state index in [0.717, 1.165) is 36.3 Å². The molecule has 0 aromatic heterocycles. The van der Waals surface area contributed by atoms with Crippen LogP contribution in [0.25, 0.3) is 0 Å². The number of carbonyl (C=O) groups is 1. The average Bonchev–Trinajstić information content (AvgIpc) is 3.29. The van der Waals surface area contributed by atoms with Crippen LogP contribution in [0.15, 0.2) is 42.5 Å². The normalized spacial score (nSPS) is 15.7. The first kappa shape index (κ1) is 21.0. The van der Waals surface area contributed by atoms with Crippen LogP contribution in [-0.2, 0) is 22.5 Å². The number of rotatable bonds is 10. The number of ether oxygens (including phenoxy) is 4. The number of methoxy groups -OCH3 is 2. The summed E-state index contributed by atoms with van der Waals surface area (Å²) in [6.45, 7) is 1.92. The fourth-order valence-electron chi connectivity index (χ4n) is 3.25. The molecule has 0 radical (unpaired) electrons. The number of amides is 1. The Labute approximate surface area is 172 Å². The maximum absolute atomic E-state index is 12.2. The van der Waals surface area contributed by atoms with Gasteiger partial charge in [0.2, 0.25) is 5.91 Å². The lowest BCUT2D eigenvalue weighted by atomic mass is 10.1. The van der Waals surface area contributed by atoms with E-state index in [1.54, 1.807) is 14.2 Å². The summed E-state index contributed by atoms with van der Waals surface area (Å²) >= 11 is 0. The van der Waals surface area contributed by atoms with Crippen LogP contribution in [0, 0.1) is 0 Å². The van der Waals surface area contributed by atoms with Gasteiger partial charge in [-0.1, -0.05) is 18.2 Å². The zero-order chi connectivity index (χ0) is 20.5. The van der Waals surface area contributed by atoms with Gasteiger partial charge in [-0.2, -0.15) is 0 Å². The van der Waals surface area contributed by atoms with E-state index in [-0.39, 0.29) is 12.0 Å². The van der Waals surface area contributed by atoms with Crippen molar-refractivity contribution in [3.05, 3.63) is 53.6 Å². The Kier molecular flexibility index (Phi) is 7.76. The summed E-state index contributed by atoms with van der Waals surface area (Å²) in [5.74, 6) is 2.19. The fourth-order valence-corrected chi connectivity index (χ4v) is 3.25. The Hall–Kier alpha value is -2.73. The van der Waals surface area contributed by atoms with Crippen molar-refractivity contribution in [2.75, 3.05) is 27.4 Å². The Morgan fingerprint density at radius 3 is 2.52 bits per heavy atom. The van der Waals surface area contributed by atoms with Crippen LogP contribution in [0.3, 0.4) is 0 Å². The molecule has 1 N–H and O–H groups in total. The number of aryl methyl sites for hydroxylation is 1. The molecule has 6 heteroatoms. The third kappa shape index (κ3) is 6.39. The molecule has 3 rings (SSSR count). The van der Waals surface area contributed by atoms with Crippen molar-refractivity contribution in [2.45, 2.75) is 38.3 Å². The first-order valence-electron chi connectivity index (χ1n) is 9.99. The number of hydrogen-bond donors (Lipinski definition) is 1. The number of nitrogens with one attached hydrogen (secondary N) is 1. The van der Waals surface area contributed by atoms with Gasteiger partial charge in [0.25, 0.3) is 0 Å². The van der Waals surface area contributed by atoms with Gasteiger partial charge in [-0.15, -0.1) is 0 Å². The molecule has 0 saturated carbocycles. The van der Waals surface area contributed by atoms with Crippen LogP contribution in [0.2, 0.25) is 0 Å². The van der Waals surface area contributed by atoms with Crippen molar-refractivity contribution in [3.8, 4) is 17.2 Å². The molecule has 29 heavy (non-hydrogen) atoms. The van der Waals surface area contributed by atoms with Gasteiger partial charge in [0.1, 0.15) is 12.4 Å². The Bertz CT molecular complexity index is 784. The third-order valence-electron chi connectivity index (χ3n) is 4.96. The molecule has 1 heterocycles. The van der Waals surface area contributed by atoms with Gasteiger partial charge in [-0.3, -0.25) is 4.79 Å². The van der Waals surface area contributed by atoms with Crippen molar-refractivity contribution >= 4 is 5.91 Å². The highest BCUT2D eigenvalue weighted by Crippen LogP contribution is 2.28. The first-order chi connectivity index (χ1) is 14.2. The maximum Gasteiger partial charge on any atom is 0.220 e. The van der Waals surface area contributed by atoms with Crippen LogP contribution in [0.4, 0.5) is 0 Å². The zero-order valence-electron chi connectivity index (χ0n) is 17.1. The molecule has 1 amide bonds. The highest BCUT2D eigenvalue weighted by atomic mass is 16.5. The molecule has 0 bridgehead atoms. The summed E-state index contributed by atoms with van der Waals surface area (Å²) in [5.41, 5.74) is 2.07. The minimum atomic E-state index is 0.0125. The number of carbonyl (C=O) groups excluding carboxylic acids is 1. The van der Waals surface area contributed by atoms with E-state index in [4.69, 9.17) is 18.9 Å². The van der Waals surface area contributed by atoms with Crippen LogP contribution >= 0.6 is 0 Å². The highest BCUT2D eigenvalue weighted by Gasteiger charge is 2.15. The van der Waals surface area contributed by atoms with Crippen LogP contribution in [0.1, 0.15) is 30.4 Å². The molecule has 6 nitrogen and oxygen atoms in total. The summed E-state index contributed by atoms with van der Waals surface area (Å²) in [5, 5.41) is 2.96. The lowest BCUT2D eigenvalue weighted by Gasteiger charge is -2.12. The molecule has 1 atom stereocenters. The zero-order valence-corrected chi connectivity index (χ0v) is 17.1. The van der Waals surface area contributed by atoms with E-state index in [2.05, 4.69) is 5.32 Å². The fraction of sp³-hybridized carbons (Fsp3) is 0.435. The molecule has 2 aromatic carbocycles. The predicted molar refractivity (Wildman–Crippen MR) is 111 cm³/mol. The summed E-state index contributed by atoms with van der Waals surface area (Å²) < 4.78 is 21.9. The average molecular weight is 399 g/mol. The van der Waals surface area contributed by atoms with E-state index < -0.39 is 0 Å². The van der Waals surface area contributed by atoms with E-state index in [0.29, 0.717) is 37.5 Å². The Morgan fingerprint density at radius 2 is 1.83 bits per heavy atom. The minimum absolute atomic E-state index is 0.0125. The molecular formula is C23H29NO5. The maximum atomic E-state index is 12.2. The quantitative estimate of drug-likeness (QED) is 0.662. The predicted octanol–water partition coefficient (Wildman–Crippen LogP) is 3.51. The molecule has 0 spiro atoms. The van der Waals surface area contributed by atoms with Crippen molar-refractivity contribution in [1.29, 1.82) is 0 Å². The van der Waals surface area contributed by atoms with Crippen molar-refractivity contribution in [2.24, 2.45) is 0 Å². The molecule has 1 aliphatic heterocycles. The second-order valence-electron chi connectivity index (χ2n) is 7.06. The highest BCUT2D eigenvalue weighted by molar-refractivity contribution is 5.76. The summed E-state index contributed by atoms with van der Waals surface area (Å²) in [6, 6.07) is 13.5. The number of hydrogen-bond acceptors (Lipinski definition) is 5. The lowest BCUT2D eigenvalue weighted by Crippen LogP contribution is -2.23. The Balaban J connectivity index is 1.39. The minimum Gasteiger partial charge on any atom is -0.493 e.